The molecule has 0 saturated heterocycles. The third kappa shape index (κ3) is 13.2. The van der Waals surface area contributed by atoms with Crippen LogP contribution in [0.15, 0.2) is 53.6 Å². The summed E-state index contributed by atoms with van der Waals surface area (Å²) in [7, 11) is 0. The maximum Gasteiger partial charge on any atom is 0.343 e. The van der Waals surface area contributed by atoms with Gasteiger partial charge in [0.05, 0.1) is 18.3 Å². The number of amides is 2. The Hall–Kier alpha value is -3.48. The number of nitrogens with one attached hydrogen (secondary N) is 2. The molecule has 0 spiro atoms. The number of nitrogens with zero attached hydrogens (tertiary/aromatic N) is 1. The van der Waals surface area contributed by atoms with Crippen molar-refractivity contribution in [3.05, 3.63) is 65.2 Å². The maximum absolute atomic E-state index is 12.3. The van der Waals surface area contributed by atoms with Gasteiger partial charge in [0.2, 0.25) is 5.91 Å². The van der Waals surface area contributed by atoms with Crippen LogP contribution >= 0.6 is 0 Å². The van der Waals surface area contributed by atoms with Crippen LogP contribution in [0.1, 0.15) is 105 Å². The third-order valence-corrected chi connectivity index (χ3v) is 6.31. The van der Waals surface area contributed by atoms with Crippen LogP contribution in [0.3, 0.4) is 0 Å². The zero-order valence-corrected chi connectivity index (χ0v) is 23.0. The summed E-state index contributed by atoms with van der Waals surface area (Å²) in [6.45, 7) is 3.99. The van der Waals surface area contributed by atoms with Crippen LogP contribution in [0.4, 0.5) is 0 Å². The average molecular weight is 522 g/mol. The zero-order chi connectivity index (χ0) is 27.4. The average Bonchev–Trinajstić information content (AvgIpc) is 2.91. The highest BCUT2D eigenvalue weighted by Gasteiger charge is 2.10. The molecule has 2 amide bonds. The minimum Gasteiger partial charge on any atom is -0.423 e. The molecule has 2 aromatic carbocycles. The van der Waals surface area contributed by atoms with E-state index in [1.807, 2.05) is 19.1 Å². The first-order chi connectivity index (χ1) is 18.5. The first-order valence-corrected chi connectivity index (χ1v) is 14.0. The Morgan fingerprint density at radius 2 is 1.39 bits per heavy atom. The van der Waals surface area contributed by atoms with Crippen molar-refractivity contribution in [1.29, 1.82) is 0 Å². The summed E-state index contributed by atoms with van der Waals surface area (Å²) in [6, 6.07) is 14.0. The summed E-state index contributed by atoms with van der Waals surface area (Å²) in [5, 5.41) is 6.55. The highest BCUT2D eigenvalue weighted by molar-refractivity contribution is 5.92. The van der Waals surface area contributed by atoms with Gasteiger partial charge >= 0.3 is 5.97 Å². The van der Waals surface area contributed by atoms with Gasteiger partial charge in [-0.3, -0.25) is 9.59 Å². The molecule has 0 unspecified atom stereocenters. The number of esters is 1. The molecule has 38 heavy (non-hydrogen) atoms. The first-order valence-electron chi connectivity index (χ1n) is 14.0. The molecule has 2 aromatic rings. The molecule has 2 N–H and O–H groups in total. The number of aryl methyl sites for hydroxylation is 1. The lowest BCUT2D eigenvalue weighted by Crippen LogP contribution is -2.34. The van der Waals surface area contributed by atoms with Gasteiger partial charge in [-0.05, 0) is 54.8 Å². The van der Waals surface area contributed by atoms with Gasteiger partial charge in [-0.25, -0.2) is 10.2 Å². The van der Waals surface area contributed by atoms with Crippen LogP contribution in [0.25, 0.3) is 0 Å². The number of unbranched alkanes of at least 4 members (excludes halogenated alkanes) is 10. The second-order valence-electron chi connectivity index (χ2n) is 9.63. The van der Waals surface area contributed by atoms with Crippen molar-refractivity contribution in [2.75, 3.05) is 6.54 Å². The van der Waals surface area contributed by atoms with Gasteiger partial charge in [-0.15, -0.1) is 0 Å². The highest BCUT2D eigenvalue weighted by atomic mass is 16.5. The van der Waals surface area contributed by atoms with Crippen molar-refractivity contribution in [3.63, 3.8) is 0 Å². The Kier molecular flexibility index (Phi) is 15.1. The van der Waals surface area contributed by atoms with Gasteiger partial charge in [0.15, 0.2) is 0 Å². The van der Waals surface area contributed by atoms with E-state index in [-0.39, 0.29) is 12.5 Å². The predicted molar refractivity (Wildman–Crippen MR) is 152 cm³/mol. The molecule has 2 rings (SSSR count). The Morgan fingerprint density at radius 1 is 0.789 bits per heavy atom. The van der Waals surface area contributed by atoms with E-state index in [9.17, 15) is 14.4 Å². The summed E-state index contributed by atoms with van der Waals surface area (Å²) in [5.74, 6) is -0.504. The van der Waals surface area contributed by atoms with Gasteiger partial charge in [0.25, 0.3) is 5.91 Å². The standard InChI is InChI=1S/C31H43N3O4/c1-3-4-5-6-7-8-9-10-11-12-13-18-29(35)32-24-30(36)34-33-23-26-19-21-27(22-20-26)38-31(37)28-17-15-14-16-25(28)2/h14-17,19-23H,3-13,18,24H2,1-2H3,(H,32,35)(H,34,36)/b33-23+. The minimum atomic E-state index is -0.415. The SMILES string of the molecule is CCCCCCCCCCCCCC(=O)NCC(=O)N/N=C/c1ccc(OC(=O)c2ccccc2C)cc1. The predicted octanol–water partition coefficient (Wildman–Crippen LogP) is 6.48. The van der Waals surface area contributed by atoms with E-state index < -0.39 is 11.9 Å². The Labute approximate surface area is 227 Å². The molecule has 0 radical (unpaired) electrons. The number of carbonyl (C=O) groups is 3. The summed E-state index contributed by atoms with van der Waals surface area (Å²) >= 11 is 0. The van der Waals surface area contributed by atoms with Crippen molar-refractivity contribution in [2.45, 2.75) is 90.9 Å². The molecule has 0 aliphatic heterocycles. The molecule has 0 bridgehead atoms. The zero-order valence-electron chi connectivity index (χ0n) is 23.0. The largest absolute Gasteiger partial charge is 0.423 e. The van der Waals surface area contributed by atoms with Crippen LogP contribution in [-0.4, -0.2) is 30.5 Å². The maximum atomic E-state index is 12.3. The second-order valence-corrected chi connectivity index (χ2v) is 9.63. The quantitative estimate of drug-likeness (QED) is 0.0771. The lowest BCUT2D eigenvalue weighted by atomic mass is 10.1. The van der Waals surface area contributed by atoms with Gasteiger partial charge in [0, 0.05) is 6.42 Å². The van der Waals surface area contributed by atoms with Crippen LogP contribution in [-0.2, 0) is 9.59 Å². The molecular formula is C31H43N3O4. The van der Waals surface area contributed by atoms with E-state index in [4.69, 9.17) is 4.74 Å². The Bertz CT molecular complexity index is 1020. The number of hydrogen-bond acceptors (Lipinski definition) is 5. The smallest absolute Gasteiger partial charge is 0.343 e. The molecule has 0 saturated carbocycles. The number of carbonyl (C=O) groups excluding carboxylic acids is 3. The van der Waals surface area contributed by atoms with Crippen LogP contribution in [0.5, 0.6) is 5.75 Å². The normalized spacial score (nSPS) is 10.9. The molecule has 0 atom stereocenters. The molecule has 0 fully saturated rings. The van der Waals surface area contributed by atoms with Crippen molar-refractivity contribution in [1.82, 2.24) is 10.7 Å². The van der Waals surface area contributed by atoms with Crippen molar-refractivity contribution in [2.24, 2.45) is 5.10 Å². The monoisotopic (exact) mass is 521 g/mol. The topological polar surface area (TPSA) is 96.9 Å². The Morgan fingerprint density at radius 3 is 2.03 bits per heavy atom. The summed E-state index contributed by atoms with van der Waals surface area (Å²) in [4.78, 5) is 36.2. The first kappa shape index (κ1) is 30.7. The second kappa shape index (κ2) is 18.7. The number of ether oxygens (including phenoxy) is 1. The fraction of sp³-hybridized carbons (Fsp3) is 0.484. The molecule has 0 aliphatic rings. The van der Waals surface area contributed by atoms with Crippen LogP contribution < -0.4 is 15.5 Å². The van der Waals surface area contributed by atoms with Crippen LogP contribution in [0, 0.1) is 6.92 Å². The summed E-state index contributed by atoms with van der Waals surface area (Å²) in [5.41, 5.74) is 4.50. The van der Waals surface area contributed by atoms with E-state index in [0.717, 1.165) is 30.4 Å². The Balaban J connectivity index is 1.54. The third-order valence-electron chi connectivity index (χ3n) is 6.31. The van der Waals surface area contributed by atoms with Crippen molar-refractivity contribution >= 4 is 24.0 Å². The van der Waals surface area contributed by atoms with E-state index in [1.165, 1.54) is 57.6 Å². The molecule has 7 heteroatoms. The number of hydrazone groups is 1. The van der Waals surface area contributed by atoms with Crippen LogP contribution in [0.2, 0.25) is 0 Å². The van der Waals surface area contributed by atoms with Gasteiger partial charge in [0.1, 0.15) is 5.75 Å². The van der Waals surface area contributed by atoms with E-state index >= 15 is 0 Å². The fourth-order valence-corrected chi connectivity index (χ4v) is 4.02. The molecular weight excluding hydrogens is 478 g/mol. The molecule has 7 nitrogen and oxygen atoms in total. The molecule has 206 valence electrons. The van der Waals surface area contributed by atoms with Crippen molar-refractivity contribution < 1.29 is 19.1 Å². The fourth-order valence-electron chi connectivity index (χ4n) is 4.02. The van der Waals surface area contributed by atoms with Gasteiger partial charge in [-0.2, -0.15) is 5.10 Å². The lowest BCUT2D eigenvalue weighted by molar-refractivity contribution is -0.126. The minimum absolute atomic E-state index is 0.109. The summed E-state index contributed by atoms with van der Waals surface area (Å²) < 4.78 is 5.41. The van der Waals surface area contributed by atoms with Gasteiger partial charge in [-0.1, -0.05) is 89.3 Å². The van der Waals surface area contributed by atoms with E-state index in [1.54, 1.807) is 36.4 Å². The number of benzene rings is 2. The van der Waals surface area contributed by atoms with Crippen molar-refractivity contribution in [3.8, 4) is 5.75 Å². The summed E-state index contributed by atoms with van der Waals surface area (Å²) in [6.07, 6.45) is 15.5. The molecule has 0 heterocycles. The molecule has 0 aromatic heterocycles. The highest BCUT2D eigenvalue weighted by Crippen LogP contribution is 2.15. The van der Waals surface area contributed by atoms with E-state index in [0.29, 0.717) is 17.7 Å². The number of hydrogen-bond donors (Lipinski definition) is 2. The molecule has 0 aliphatic carbocycles. The number of rotatable bonds is 18. The lowest BCUT2D eigenvalue weighted by Gasteiger charge is -2.06. The van der Waals surface area contributed by atoms with E-state index in [2.05, 4.69) is 22.8 Å². The van der Waals surface area contributed by atoms with Gasteiger partial charge < -0.3 is 10.1 Å².